The summed E-state index contributed by atoms with van der Waals surface area (Å²) in [5, 5.41) is 0. The van der Waals surface area contributed by atoms with E-state index in [1.54, 1.807) is 0 Å². The maximum Gasteiger partial charge on any atom is 0.224 e. The third kappa shape index (κ3) is 4.49. The first-order chi connectivity index (χ1) is 7.42. The minimum absolute atomic E-state index is 0.198. The van der Waals surface area contributed by atoms with Crippen LogP contribution in [0.25, 0.3) is 0 Å². The molecule has 1 fully saturated rings. The molecule has 0 aromatic heterocycles. The van der Waals surface area contributed by atoms with Crippen molar-refractivity contribution >= 4 is 5.91 Å². The van der Waals surface area contributed by atoms with Crippen molar-refractivity contribution in [1.29, 1.82) is 0 Å². The van der Waals surface area contributed by atoms with Crippen LogP contribution in [-0.2, 0) is 4.79 Å². The van der Waals surface area contributed by atoms with Gasteiger partial charge in [0.2, 0.25) is 5.91 Å². The molecule has 0 aliphatic carbocycles. The maximum atomic E-state index is 11.9. The Bertz CT molecular complexity index is 227. The van der Waals surface area contributed by atoms with Crippen LogP contribution in [0.4, 0.5) is 0 Å². The average molecular weight is 227 g/mol. The van der Waals surface area contributed by atoms with E-state index in [0.29, 0.717) is 6.42 Å². The summed E-state index contributed by atoms with van der Waals surface area (Å²) in [6, 6.07) is 0. The highest BCUT2D eigenvalue weighted by Gasteiger charge is 2.24. The molecule has 16 heavy (non-hydrogen) atoms. The van der Waals surface area contributed by atoms with Crippen LogP contribution in [0.5, 0.6) is 0 Å². The number of piperazine rings is 1. The molecular weight excluding hydrogens is 202 g/mol. The summed E-state index contributed by atoms with van der Waals surface area (Å²) >= 11 is 0. The zero-order valence-corrected chi connectivity index (χ0v) is 10.8. The van der Waals surface area contributed by atoms with E-state index in [1.165, 1.54) is 6.42 Å². The van der Waals surface area contributed by atoms with E-state index >= 15 is 0 Å². The monoisotopic (exact) mass is 227 g/mol. The molecule has 1 aliphatic heterocycles. The maximum absolute atomic E-state index is 11.9. The van der Waals surface area contributed by atoms with Crippen LogP contribution in [0.2, 0.25) is 0 Å². The van der Waals surface area contributed by atoms with Gasteiger partial charge in [0.05, 0.1) is 0 Å². The lowest BCUT2D eigenvalue weighted by Gasteiger charge is -2.35. The number of hydrogen-bond donors (Lipinski definition) is 1. The van der Waals surface area contributed by atoms with Crippen LogP contribution >= 0.6 is 0 Å². The standard InChI is InChI=1S/C12H25N3O/c1-4-5-14-6-8-15(9-7-14)11(16)10-12(2,3)13/h4-10,13H2,1-3H3. The first-order valence-corrected chi connectivity index (χ1v) is 6.21. The zero-order chi connectivity index (χ0) is 12.2. The molecule has 1 heterocycles. The van der Waals surface area contributed by atoms with Crippen molar-refractivity contribution in [1.82, 2.24) is 9.80 Å². The van der Waals surface area contributed by atoms with Crippen molar-refractivity contribution < 1.29 is 4.79 Å². The molecule has 1 amide bonds. The van der Waals surface area contributed by atoms with Gasteiger partial charge in [0.1, 0.15) is 0 Å². The summed E-state index contributed by atoms with van der Waals surface area (Å²) in [7, 11) is 0. The van der Waals surface area contributed by atoms with E-state index in [9.17, 15) is 4.79 Å². The van der Waals surface area contributed by atoms with E-state index in [0.717, 1.165) is 32.7 Å². The van der Waals surface area contributed by atoms with Crippen LogP contribution in [0, 0.1) is 0 Å². The Morgan fingerprint density at radius 2 is 1.81 bits per heavy atom. The molecule has 0 saturated carbocycles. The van der Waals surface area contributed by atoms with Gasteiger partial charge >= 0.3 is 0 Å². The zero-order valence-electron chi connectivity index (χ0n) is 10.8. The lowest BCUT2D eigenvalue weighted by atomic mass is 10.0. The fourth-order valence-electron chi connectivity index (χ4n) is 2.04. The highest BCUT2D eigenvalue weighted by Crippen LogP contribution is 2.10. The molecule has 1 rings (SSSR count). The van der Waals surface area contributed by atoms with Crippen LogP contribution in [0.3, 0.4) is 0 Å². The molecule has 4 nitrogen and oxygen atoms in total. The second-order valence-electron chi connectivity index (χ2n) is 5.39. The van der Waals surface area contributed by atoms with E-state index in [-0.39, 0.29) is 5.91 Å². The molecule has 0 radical (unpaired) electrons. The van der Waals surface area contributed by atoms with Gasteiger partial charge in [-0.15, -0.1) is 0 Å². The number of rotatable bonds is 4. The van der Waals surface area contributed by atoms with Crippen LogP contribution < -0.4 is 5.73 Å². The summed E-state index contributed by atoms with van der Waals surface area (Å²) in [6.07, 6.45) is 1.63. The Balaban J connectivity index is 2.33. The fourth-order valence-corrected chi connectivity index (χ4v) is 2.04. The fraction of sp³-hybridized carbons (Fsp3) is 0.917. The Morgan fingerprint density at radius 3 is 2.25 bits per heavy atom. The minimum atomic E-state index is -0.391. The van der Waals surface area contributed by atoms with Gasteiger partial charge < -0.3 is 10.6 Å². The molecule has 0 atom stereocenters. The van der Waals surface area contributed by atoms with Crippen molar-refractivity contribution in [3.8, 4) is 0 Å². The topological polar surface area (TPSA) is 49.6 Å². The molecule has 2 N–H and O–H groups in total. The normalized spacial score (nSPS) is 18.9. The molecule has 0 aromatic rings. The van der Waals surface area contributed by atoms with Gasteiger partial charge in [-0.25, -0.2) is 0 Å². The lowest BCUT2D eigenvalue weighted by molar-refractivity contribution is -0.133. The third-order valence-electron chi connectivity index (χ3n) is 2.87. The molecule has 0 unspecified atom stereocenters. The number of amides is 1. The van der Waals surface area contributed by atoms with Gasteiger partial charge in [-0.05, 0) is 26.8 Å². The van der Waals surface area contributed by atoms with Crippen molar-refractivity contribution in [2.24, 2.45) is 5.73 Å². The summed E-state index contributed by atoms with van der Waals surface area (Å²) in [4.78, 5) is 16.3. The number of carbonyl (C=O) groups is 1. The predicted octanol–water partition coefficient (Wildman–Crippen LogP) is 0.668. The van der Waals surface area contributed by atoms with E-state index in [1.807, 2.05) is 18.7 Å². The smallest absolute Gasteiger partial charge is 0.224 e. The number of nitrogens with two attached hydrogens (primary N) is 1. The van der Waals surface area contributed by atoms with Gasteiger partial charge in [0, 0.05) is 38.1 Å². The molecule has 0 bridgehead atoms. The quantitative estimate of drug-likeness (QED) is 0.768. The second-order valence-corrected chi connectivity index (χ2v) is 5.39. The van der Waals surface area contributed by atoms with E-state index in [4.69, 9.17) is 5.73 Å². The number of nitrogens with zero attached hydrogens (tertiary/aromatic N) is 2. The van der Waals surface area contributed by atoms with E-state index < -0.39 is 5.54 Å². The Kier molecular flexibility index (Phi) is 4.74. The summed E-state index contributed by atoms with van der Waals surface area (Å²) < 4.78 is 0. The van der Waals surface area contributed by atoms with Crippen molar-refractivity contribution in [2.75, 3.05) is 32.7 Å². The highest BCUT2D eigenvalue weighted by atomic mass is 16.2. The predicted molar refractivity (Wildman–Crippen MR) is 66.2 cm³/mol. The molecule has 0 aromatic carbocycles. The Labute approximate surface area is 98.8 Å². The summed E-state index contributed by atoms with van der Waals surface area (Å²) in [5.74, 6) is 0.198. The Morgan fingerprint density at radius 1 is 1.25 bits per heavy atom. The van der Waals surface area contributed by atoms with Crippen molar-refractivity contribution in [3.63, 3.8) is 0 Å². The highest BCUT2D eigenvalue weighted by molar-refractivity contribution is 5.77. The average Bonchev–Trinajstić information content (AvgIpc) is 2.16. The van der Waals surface area contributed by atoms with Crippen molar-refractivity contribution in [2.45, 2.75) is 39.2 Å². The molecule has 1 aliphatic rings. The first-order valence-electron chi connectivity index (χ1n) is 6.21. The largest absolute Gasteiger partial charge is 0.340 e. The third-order valence-corrected chi connectivity index (χ3v) is 2.87. The molecule has 94 valence electrons. The first kappa shape index (κ1) is 13.5. The minimum Gasteiger partial charge on any atom is -0.340 e. The SMILES string of the molecule is CCCN1CCN(C(=O)CC(C)(C)N)CC1. The summed E-state index contributed by atoms with van der Waals surface area (Å²) in [5.41, 5.74) is 5.47. The number of hydrogen-bond acceptors (Lipinski definition) is 3. The molecule has 4 heteroatoms. The van der Waals surface area contributed by atoms with Gasteiger partial charge in [-0.1, -0.05) is 6.92 Å². The molecule has 0 spiro atoms. The molecular formula is C12H25N3O. The number of carbonyl (C=O) groups excluding carboxylic acids is 1. The van der Waals surface area contributed by atoms with E-state index in [2.05, 4.69) is 11.8 Å². The van der Waals surface area contributed by atoms with Crippen LogP contribution in [0.1, 0.15) is 33.6 Å². The van der Waals surface area contributed by atoms with Gasteiger partial charge in [-0.2, -0.15) is 0 Å². The van der Waals surface area contributed by atoms with Crippen LogP contribution in [0.15, 0.2) is 0 Å². The van der Waals surface area contributed by atoms with Crippen LogP contribution in [-0.4, -0.2) is 54.0 Å². The van der Waals surface area contributed by atoms with Gasteiger partial charge in [0.25, 0.3) is 0 Å². The van der Waals surface area contributed by atoms with Gasteiger partial charge in [-0.3, -0.25) is 9.69 Å². The van der Waals surface area contributed by atoms with Crippen molar-refractivity contribution in [3.05, 3.63) is 0 Å². The lowest BCUT2D eigenvalue weighted by Crippen LogP contribution is -2.50. The Hall–Kier alpha value is -0.610. The summed E-state index contributed by atoms with van der Waals surface area (Å²) in [6.45, 7) is 10.9. The second kappa shape index (κ2) is 5.64. The molecule has 1 saturated heterocycles. The van der Waals surface area contributed by atoms with Gasteiger partial charge in [0.15, 0.2) is 0 Å².